The molecule has 2 rings (SSSR count). The average Bonchev–Trinajstić information content (AvgIpc) is 2.67. The van der Waals surface area contributed by atoms with E-state index in [0.717, 1.165) is 18.4 Å². The predicted octanol–water partition coefficient (Wildman–Crippen LogP) is 4.96. The first-order valence-electron chi connectivity index (χ1n) is 6.52. The van der Waals surface area contributed by atoms with Crippen LogP contribution in [0.25, 0.3) is 0 Å². The van der Waals surface area contributed by atoms with E-state index in [1.165, 1.54) is 6.07 Å². The van der Waals surface area contributed by atoms with Crippen LogP contribution in [0.1, 0.15) is 50.3 Å². The van der Waals surface area contributed by atoms with Crippen molar-refractivity contribution in [3.63, 3.8) is 0 Å². The maximum atomic E-state index is 13.0. The molecule has 1 atom stereocenters. The van der Waals surface area contributed by atoms with Crippen LogP contribution in [-0.4, -0.2) is 0 Å². The predicted molar refractivity (Wildman–Crippen MR) is 66.6 cm³/mol. The molecule has 0 radical (unpaired) electrons. The zero-order chi connectivity index (χ0) is 13.6. The van der Waals surface area contributed by atoms with Gasteiger partial charge in [-0.3, -0.25) is 0 Å². The molecule has 0 aliphatic heterocycles. The highest BCUT2D eigenvalue weighted by atomic mass is 19.4. The van der Waals surface area contributed by atoms with Crippen molar-refractivity contribution in [1.29, 1.82) is 0 Å². The van der Waals surface area contributed by atoms with Gasteiger partial charge in [-0.1, -0.05) is 32.9 Å². The smallest absolute Gasteiger partial charge is 0.166 e. The van der Waals surface area contributed by atoms with Gasteiger partial charge in [-0.05, 0) is 47.8 Å². The molecule has 1 aliphatic rings. The molecule has 0 amide bonds. The van der Waals surface area contributed by atoms with E-state index in [4.69, 9.17) is 0 Å². The van der Waals surface area contributed by atoms with Crippen molar-refractivity contribution in [3.05, 3.63) is 34.9 Å². The van der Waals surface area contributed by atoms with Gasteiger partial charge in [-0.2, -0.15) is 13.2 Å². The van der Waals surface area contributed by atoms with E-state index in [1.54, 1.807) is 6.07 Å². The van der Waals surface area contributed by atoms with Crippen molar-refractivity contribution in [2.75, 3.05) is 0 Å². The van der Waals surface area contributed by atoms with Crippen molar-refractivity contribution in [2.24, 2.45) is 5.92 Å². The first-order chi connectivity index (χ1) is 8.33. The van der Waals surface area contributed by atoms with Crippen LogP contribution in [0.15, 0.2) is 18.2 Å². The highest BCUT2D eigenvalue weighted by Crippen LogP contribution is 2.49. The van der Waals surface area contributed by atoms with Gasteiger partial charge >= 0.3 is 6.18 Å². The van der Waals surface area contributed by atoms with Crippen molar-refractivity contribution in [3.8, 4) is 0 Å². The van der Waals surface area contributed by atoms with E-state index in [2.05, 4.69) is 20.8 Å². The molecule has 0 heterocycles. The Kier molecular flexibility index (Phi) is 3.20. The minimum atomic E-state index is -4.23. The maximum absolute atomic E-state index is 13.0. The Hall–Kier alpha value is -0.990. The SMILES string of the molecule is CCC1(C(C)C)CCc2c(C(F)(F)F)cccc21. The number of hydrogen-bond acceptors (Lipinski definition) is 0. The number of hydrogen-bond donors (Lipinski definition) is 0. The van der Waals surface area contributed by atoms with Gasteiger partial charge in [0.1, 0.15) is 0 Å². The van der Waals surface area contributed by atoms with Crippen molar-refractivity contribution in [2.45, 2.75) is 51.6 Å². The quantitative estimate of drug-likeness (QED) is 0.702. The Morgan fingerprint density at radius 2 is 1.94 bits per heavy atom. The standard InChI is InChI=1S/C15H19F3/c1-4-14(10(2)3)9-8-11-12(14)6-5-7-13(11)15(16,17)18/h5-7,10H,4,8-9H2,1-3H3. The molecule has 100 valence electrons. The third kappa shape index (κ3) is 1.84. The minimum Gasteiger partial charge on any atom is -0.166 e. The highest BCUT2D eigenvalue weighted by molar-refractivity contribution is 5.46. The van der Waals surface area contributed by atoms with Gasteiger partial charge in [0.15, 0.2) is 0 Å². The third-order valence-electron chi connectivity index (χ3n) is 4.58. The highest BCUT2D eigenvalue weighted by Gasteiger charge is 2.44. The van der Waals surface area contributed by atoms with Crippen LogP contribution in [0.5, 0.6) is 0 Å². The summed E-state index contributed by atoms with van der Waals surface area (Å²) in [5.74, 6) is 0.368. The van der Waals surface area contributed by atoms with E-state index in [1.807, 2.05) is 6.07 Å². The molecule has 0 nitrogen and oxygen atoms in total. The summed E-state index contributed by atoms with van der Waals surface area (Å²) in [5.41, 5.74) is 0.947. The van der Waals surface area contributed by atoms with Crippen LogP contribution < -0.4 is 0 Å². The van der Waals surface area contributed by atoms with Crippen LogP contribution in [0.2, 0.25) is 0 Å². The van der Waals surface area contributed by atoms with Gasteiger partial charge in [0, 0.05) is 0 Å². The summed E-state index contributed by atoms with van der Waals surface area (Å²) >= 11 is 0. The van der Waals surface area contributed by atoms with E-state index in [0.29, 0.717) is 17.9 Å². The number of alkyl halides is 3. The third-order valence-corrected chi connectivity index (χ3v) is 4.58. The van der Waals surface area contributed by atoms with Crippen LogP contribution in [0.4, 0.5) is 13.2 Å². The molecule has 0 spiro atoms. The van der Waals surface area contributed by atoms with Gasteiger partial charge in [-0.25, -0.2) is 0 Å². The summed E-state index contributed by atoms with van der Waals surface area (Å²) in [4.78, 5) is 0. The Morgan fingerprint density at radius 1 is 1.28 bits per heavy atom. The Balaban J connectivity index is 2.60. The second-order valence-corrected chi connectivity index (χ2v) is 5.49. The van der Waals surface area contributed by atoms with E-state index >= 15 is 0 Å². The van der Waals surface area contributed by atoms with Crippen LogP contribution >= 0.6 is 0 Å². The fourth-order valence-electron chi connectivity index (χ4n) is 3.45. The molecule has 1 aromatic carbocycles. The normalized spacial score (nSPS) is 23.5. The molecular formula is C15H19F3. The zero-order valence-corrected chi connectivity index (χ0v) is 11.1. The fourth-order valence-corrected chi connectivity index (χ4v) is 3.45. The molecule has 1 aromatic rings. The largest absolute Gasteiger partial charge is 0.416 e. The van der Waals surface area contributed by atoms with Crippen LogP contribution in [-0.2, 0) is 18.0 Å². The Labute approximate surface area is 106 Å². The van der Waals surface area contributed by atoms with Gasteiger partial charge in [-0.15, -0.1) is 0 Å². The Morgan fingerprint density at radius 3 is 2.44 bits per heavy atom. The molecule has 1 aliphatic carbocycles. The second-order valence-electron chi connectivity index (χ2n) is 5.49. The number of halogens is 3. The summed E-state index contributed by atoms with van der Waals surface area (Å²) < 4.78 is 39.0. The lowest BCUT2D eigenvalue weighted by Gasteiger charge is -2.34. The number of rotatable bonds is 2. The summed E-state index contributed by atoms with van der Waals surface area (Å²) in [5, 5.41) is 0. The molecule has 1 unspecified atom stereocenters. The maximum Gasteiger partial charge on any atom is 0.416 e. The van der Waals surface area contributed by atoms with Gasteiger partial charge in [0.05, 0.1) is 5.56 Å². The van der Waals surface area contributed by atoms with Gasteiger partial charge < -0.3 is 0 Å². The average molecular weight is 256 g/mol. The van der Waals surface area contributed by atoms with E-state index in [9.17, 15) is 13.2 Å². The first-order valence-corrected chi connectivity index (χ1v) is 6.52. The molecule has 0 N–H and O–H groups in total. The molecule has 0 aromatic heterocycles. The molecular weight excluding hydrogens is 237 g/mol. The lowest BCUT2D eigenvalue weighted by atomic mass is 9.70. The van der Waals surface area contributed by atoms with Crippen molar-refractivity contribution < 1.29 is 13.2 Å². The Bertz CT molecular complexity index is 446. The second kappa shape index (κ2) is 4.29. The zero-order valence-electron chi connectivity index (χ0n) is 11.1. The fraction of sp³-hybridized carbons (Fsp3) is 0.600. The summed E-state index contributed by atoms with van der Waals surface area (Å²) in [6.45, 7) is 6.30. The van der Waals surface area contributed by atoms with Crippen LogP contribution in [0.3, 0.4) is 0 Å². The number of benzene rings is 1. The van der Waals surface area contributed by atoms with Crippen molar-refractivity contribution in [1.82, 2.24) is 0 Å². The molecule has 3 heteroatoms. The molecule has 0 bridgehead atoms. The monoisotopic (exact) mass is 256 g/mol. The number of fused-ring (bicyclic) bond motifs is 1. The van der Waals surface area contributed by atoms with Crippen molar-refractivity contribution >= 4 is 0 Å². The molecule has 0 saturated heterocycles. The van der Waals surface area contributed by atoms with Gasteiger partial charge in [0.2, 0.25) is 0 Å². The van der Waals surface area contributed by atoms with Crippen LogP contribution in [0, 0.1) is 5.92 Å². The molecule has 0 fully saturated rings. The summed E-state index contributed by atoms with van der Waals surface area (Å²) in [6.07, 6.45) is -1.94. The lowest BCUT2D eigenvalue weighted by molar-refractivity contribution is -0.138. The van der Waals surface area contributed by atoms with Gasteiger partial charge in [0.25, 0.3) is 0 Å². The summed E-state index contributed by atoms with van der Waals surface area (Å²) in [6, 6.07) is 4.66. The topological polar surface area (TPSA) is 0 Å². The summed E-state index contributed by atoms with van der Waals surface area (Å²) in [7, 11) is 0. The van der Waals surface area contributed by atoms with E-state index < -0.39 is 11.7 Å². The minimum absolute atomic E-state index is 0.0728. The molecule has 18 heavy (non-hydrogen) atoms. The lowest BCUT2D eigenvalue weighted by Crippen LogP contribution is -2.28. The van der Waals surface area contributed by atoms with E-state index in [-0.39, 0.29) is 5.41 Å². The molecule has 0 saturated carbocycles. The first kappa shape index (κ1) is 13.4.